The lowest BCUT2D eigenvalue weighted by Crippen LogP contribution is -2.34. The highest BCUT2D eigenvalue weighted by molar-refractivity contribution is 6.35. The minimum Gasteiger partial charge on any atom is -0.380 e. The Bertz CT molecular complexity index is 1760. The number of hydrogen-bond acceptors (Lipinski definition) is 6. The Morgan fingerprint density at radius 3 is 2.48 bits per heavy atom. The van der Waals surface area contributed by atoms with Crippen LogP contribution in [0.15, 0.2) is 40.4 Å². The third-order valence-corrected chi connectivity index (χ3v) is 7.41. The second-order valence-corrected chi connectivity index (χ2v) is 10.3. The van der Waals surface area contributed by atoms with Crippen molar-refractivity contribution in [2.45, 2.75) is 50.9 Å². The van der Waals surface area contributed by atoms with Gasteiger partial charge in [0.1, 0.15) is 5.56 Å². The van der Waals surface area contributed by atoms with Crippen LogP contribution in [0.1, 0.15) is 43.2 Å². The summed E-state index contributed by atoms with van der Waals surface area (Å²) in [6.45, 7) is 0.00738. The number of rotatable bonds is 6. The van der Waals surface area contributed by atoms with Crippen molar-refractivity contribution in [2.75, 3.05) is 5.32 Å². The minimum absolute atomic E-state index is 0.00738. The number of hydrogen-bond donors (Lipinski definition) is 2. The molecule has 0 aliphatic heterocycles. The first-order chi connectivity index (χ1) is 19.8. The molecule has 1 aliphatic carbocycles. The van der Waals surface area contributed by atoms with Gasteiger partial charge in [0, 0.05) is 36.6 Å². The molecule has 3 heterocycles. The Morgan fingerprint density at radius 1 is 1.10 bits per heavy atom. The number of pyridine rings is 1. The smallest absolute Gasteiger partial charge is 0.380 e. The summed E-state index contributed by atoms with van der Waals surface area (Å²) in [5.41, 5.74) is -5.13. The van der Waals surface area contributed by atoms with Crippen LogP contribution in [0.2, 0.25) is 5.02 Å². The van der Waals surface area contributed by atoms with Crippen LogP contribution < -0.4 is 16.4 Å². The van der Waals surface area contributed by atoms with Crippen molar-refractivity contribution in [1.82, 2.24) is 24.7 Å². The van der Waals surface area contributed by atoms with E-state index in [9.17, 15) is 31.5 Å². The molecule has 0 unspecified atom stereocenters. The largest absolute Gasteiger partial charge is 0.423 e. The molecule has 0 saturated heterocycles. The highest BCUT2D eigenvalue weighted by Gasteiger charge is 2.38. The molecule has 0 bridgehead atoms. The summed E-state index contributed by atoms with van der Waals surface area (Å²) in [6, 6.07) is 0.571. The van der Waals surface area contributed by atoms with Crippen molar-refractivity contribution in [3.63, 3.8) is 0 Å². The number of fused-ring (bicyclic) bond motifs is 1. The van der Waals surface area contributed by atoms with Crippen LogP contribution in [-0.2, 0) is 12.7 Å². The molecule has 1 aromatic carbocycles. The Morgan fingerprint density at radius 2 is 1.81 bits per heavy atom. The summed E-state index contributed by atoms with van der Waals surface area (Å²) in [7, 11) is 0. The predicted octanol–water partition coefficient (Wildman–Crippen LogP) is 6.10. The van der Waals surface area contributed by atoms with Crippen LogP contribution in [0.3, 0.4) is 0 Å². The van der Waals surface area contributed by atoms with Crippen molar-refractivity contribution in [1.29, 1.82) is 0 Å². The number of aromatic amines is 1. The van der Waals surface area contributed by atoms with Crippen LogP contribution in [-0.4, -0.2) is 30.8 Å². The molecule has 16 heteroatoms. The molecule has 2 N–H and O–H groups in total. The standard InChI is InChI=1S/C26H20ClF7N6O2/c27-16-10-40(9-11-2-1-3-13(4-11)38-17-8-37-39-24(41)19(17)26(32,33)34)25(42)18-14(16)5-15(20(28)21(18)29)23-35-6-12(7-36-23)22(30)31/h5-8,10-11,13,22H,1-4,9H2,(H2,38,39,41)/t11-,13+/m1/s1. The summed E-state index contributed by atoms with van der Waals surface area (Å²) in [5.74, 6) is -3.63. The SMILES string of the molecule is O=c1[nH]ncc(N[C@H]2CCC[C@@H](Cn3cc(Cl)c4cc(-c5ncc(C(F)F)cn5)c(F)c(F)c4c3=O)C2)c1C(F)(F)F. The molecule has 3 aromatic heterocycles. The number of halogens is 8. The maximum absolute atomic E-state index is 15.3. The van der Waals surface area contributed by atoms with Gasteiger partial charge in [0.2, 0.25) is 0 Å². The van der Waals surface area contributed by atoms with Crippen LogP contribution in [0.25, 0.3) is 22.2 Å². The van der Waals surface area contributed by atoms with Gasteiger partial charge in [0.05, 0.1) is 33.4 Å². The molecule has 42 heavy (non-hydrogen) atoms. The van der Waals surface area contributed by atoms with Gasteiger partial charge >= 0.3 is 6.18 Å². The monoisotopic (exact) mass is 616 g/mol. The lowest BCUT2D eigenvalue weighted by atomic mass is 9.85. The van der Waals surface area contributed by atoms with E-state index in [1.165, 1.54) is 6.20 Å². The highest BCUT2D eigenvalue weighted by Crippen LogP contribution is 2.35. The zero-order valence-electron chi connectivity index (χ0n) is 21.3. The molecule has 2 atom stereocenters. The van der Waals surface area contributed by atoms with Gasteiger partial charge < -0.3 is 9.88 Å². The van der Waals surface area contributed by atoms with Gasteiger partial charge in [0.25, 0.3) is 17.5 Å². The second kappa shape index (κ2) is 11.3. The fourth-order valence-electron chi connectivity index (χ4n) is 5.20. The van der Waals surface area contributed by atoms with Crippen LogP contribution >= 0.6 is 11.6 Å². The number of anilines is 1. The van der Waals surface area contributed by atoms with Crippen LogP contribution in [0.5, 0.6) is 0 Å². The van der Waals surface area contributed by atoms with Crippen molar-refractivity contribution < 1.29 is 30.7 Å². The number of nitrogens with zero attached hydrogens (tertiary/aromatic N) is 4. The molecule has 1 aliphatic rings. The third-order valence-electron chi connectivity index (χ3n) is 7.11. The Balaban J connectivity index is 1.42. The Kier molecular flexibility index (Phi) is 7.96. The van der Waals surface area contributed by atoms with E-state index in [2.05, 4.69) is 20.4 Å². The number of aromatic nitrogens is 5. The third kappa shape index (κ3) is 5.69. The maximum atomic E-state index is 15.3. The molecular formula is C26H20ClF7N6O2. The van der Waals surface area contributed by atoms with E-state index in [4.69, 9.17) is 11.6 Å². The average Bonchev–Trinajstić information content (AvgIpc) is 2.92. The number of H-pyrrole nitrogens is 1. The van der Waals surface area contributed by atoms with Crippen molar-refractivity contribution in [2.24, 2.45) is 5.92 Å². The van der Waals surface area contributed by atoms with Gasteiger partial charge in [-0.05, 0) is 31.2 Å². The molecule has 5 rings (SSSR count). The molecular weight excluding hydrogens is 597 g/mol. The average molecular weight is 617 g/mol. The molecule has 0 radical (unpaired) electrons. The highest BCUT2D eigenvalue weighted by atomic mass is 35.5. The minimum atomic E-state index is -4.91. The first-order valence-electron chi connectivity index (χ1n) is 12.6. The van der Waals surface area contributed by atoms with Gasteiger partial charge in [-0.15, -0.1) is 0 Å². The summed E-state index contributed by atoms with van der Waals surface area (Å²) in [6.07, 6.45) is -2.16. The Labute approximate surface area is 236 Å². The molecule has 1 fully saturated rings. The van der Waals surface area contributed by atoms with E-state index in [0.717, 1.165) is 29.2 Å². The maximum Gasteiger partial charge on any atom is 0.423 e. The lowest BCUT2D eigenvalue weighted by molar-refractivity contribution is -0.138. The molecule has 0 spiro atoms. The van der Waals surface area contributed by atoms with Gasteiger partial charge in [-0.3, -0.25) is 9.59 Å². The topological polar surface area (TPSA) is 106 Å². The van der Waals surface area contributed by atoms with E-state index in [0.29, 0.717) is 25.7 Å². The number of nitrogens with one attached hydrogen (secondary N) is 2. The van der Waals surface area contributed by atoms with E-state index in [1.807, 2.05) is 0 Å². The molecule has 4 aromatic rings. The zero-order chi connectivity index (χ0) is 30.3. The summed E-state index contributed by atoms with van der Waals surface area (Å²) in [4.78, 5) is 32.4. The first-order valence-corrected chi connectivity index (χ1v) is 13.0. The second-order valence-electron chi connectivity index (χ2n) is 9.91. The van der Waals surface area contributed by atoms with Crippen LogP contribution in [0.4, 0.5) is 36.4 Å². The van der Waals surface area contributed by atoms with E-state index in [1.54, 1.807) is 5.10 Å². The molecule has 0 amide bonds. The predicted molar refractivity (Wildman–Crippen MR) is 138 cm³/mol. The van der Waals surface area contributed by atoms with Gasteiger partial charge in [0.15, 0.2) is 17.5 Å². The van der Waals surface area contributed by atoms with Crippen molar-refractivity contribution in [3.8, 4) is 11.4 Å². The zero-order valence-corrected chi connectivity index (χ0v) is 22.0. The summed E-state index contributed by atoms with van der Waals surface area (Å²) < 4.78 is 97.4. The van der Waals surface area contributed by atoms with Gasteiger partial charge in [-0.25, -0.2) is 32.6 Å². The Hall–Kier alpha value is -4.01. The van der Waals surface area contributed by atoms with E-state index >= 15 is 8.78 Å². The van der Waals surface area contributed by atoms with Crippen molar-refractivity contribution in [3.05, 3.63) is 79.3 Å². The van der Waals surface area contributed by atoms with Gasteiger partial charge in [-0.2, -0.15) is 18.3 Å². The molecule has 1 saturated carbocycles. The lowest BCUT2D eigenvalue weighted by Gasteiger charge is -2.31. The van der Waals surface area contributed by atoms with Crippen LogP contribution in [0, 0.1) is 17.6 Å². The quantitative estimate of drug-likeness (QED) is 0.254. The summed E-state index contributed by atoms with van der Waals surface area (Å²) in [5, 5.41) is 7.07. The molecule has 222 valence electrons. The number of benzene rings is 1. The van der Waals surface area contributed by atoms with E-state index < -0.39 is 69.2 Å². The fraction of sp³-hybridized carbons (Fsp3) is 0.346. The fourth-order valence-corrected chi connectivity index (χ4v) is 5.46. The van der Waals surface area contributed by atoms with Gasteiger partial charge in [-0.1, -0.05) is 18.0 Å². The summed E-state index contributed by atoms with van der Waals surface area (Å²) >= 11 is 6.37. The van der Waals surface area contributed by atoms with E-state index in [-0.39, 0.29) is 28.7 Å². The first kappa shape index (κ1) is 29.5. The number of alkyl halides is 5. The van der Waals surface area contributed by atoms with Crippen molar-refractivity contribution >= 4 is 28.1 Å². The normalized spacial score (nSPS) is 17.6. The molecule has 8 nitrogen and oxygen atoms in total.